The summed E-state index contributed by atoms with van der Waals surface area (Å²) in [5.41, 5.74) is 3.00. The van der Waals surface area contributed by atoms with Gasteiger partial charge in [0.25, 0.3) is 0 Å². The normalized spacial score (nSPS) is 22.1. The van der Waals surface area contributed by atoms with Gasteiger partial charge in [0.2, 0.25) is 5.91 Å². The number of H-pyrrole nitrogens is 2. The second-order valence-electron chi connectivity index (χ2n) is 21.1. The number of hydrogen-bond acceptors (Lipinski definition) is 13. The summed E-state index contributed by atoms with van der Waals surface area (Å²) in [6.07, 6.45) is 0.285. The number of hydrogen-bond donors (Lipinski definition) is 5. The van der Waals surface area contributed by atoms with E-state index in [4.69, 9.17) is 28.9 Å². The minimum Gasteiger partial charge on any atom is -0.453 e. The van der Waals surface area contributed by atoms with Gasteiger partial charge in [0.05, 0.1) is 78.7 Å². The van der Waals surface area contributed by atoms with Gasteiger partial charge in [-0.1, -0.05) is 30.3 Å². The zero-order valence-electron chi connectivity index (χ0n) is 45.1. The Morgan fingerprint density at radius 2 is 1.19 bits per heavy atom. The Morgan fingerprint density at radius 1 is 0.646 bits per heavy atom. The summed E-state index contributed by atoms with van der Waals surface area (Å²) in [7, 11) is 5.33. The summed E-state index contributed by atoms with van der Waals surface area (Å²) in [5, 5.41) is 17.0. The summed E-state index contributed by atoms with van der Waals surface area (Å²) in [5.74, 6) is -2.17. The summed E-state index contributed by atoms with van der Waals surface area (Å²) in [4.78, 5) is 61.8. The molecule has 6 heterocycles. The molecule has 0 spiro atoms. The number of ether oxygens (including phenoxy) is 4. The number of halogens is 4. The average Bonchev–Trinajstić information content (AvgIpc) is 4.39. The number of nitrogens with zero attached hydrogens (tertiary/aromatic N) is 6. The highest BCUT2D eigenvalue weighted by molar-refractivity contribution is 5.87. The second-order valence-corrected chi connectivity index (χ2v) is 21.1. The molecule has 422 valence electrons. The van der Waals surface area contributed by atoms with Crippen molar-refractivity contribution >= 4 is 51.5 Å². The monoisotopic (exact) mass is 1100 g/mol. The summed E-state index contributed by atoms with van der Waals surface area (Å²) < 4.78 is 88.3. The molecule has 10 rings (SSSR count). The van der Waals surface area contributed by atoms with Crippen LogP contribution in [0.1, 0.15) is 124 Å². The molecule has 18 nitrogen and oxygen atoms in total. The van der Waals surface area contributed by atoms with E-state index in [0.29, 0.717) is 92.9 Å². The smallest absolute Gasteiger partial charge is 0.407 e. The highest BCUT2D eigenvalue weighted by Crippen LogP contribution is 2.50. The molecular formula is C57H68F4N10O8. The minimum absolute atomic E-state index is 0.0940. The number of rotatable bonds is 16. The van der Waals surface area contributed by atoms with E-state index in [0.717, 1.165) is 0 Å². The maximum Gasteiger partial charge on any atom is 0.407 e. The van der Waals surface area contributed by atoms with Crippen molar-refractivity contribution in [2.75, 3.05) is 64.4 Å². The molecule has 2 aromatic heterocycles. The molecule has 5 N–H and O–H groups in total. The van der Waals surface area contributed by atoms with E-state index in [1.807, 2.05) is 18.2 Å². The number of aromatic amines is 2. The number of amides is 3. The lowest BCUT2D eigenvalue weighted by atomic mass is 9.89. The zero-order valence-corrected chi connectivity index (χ0v) is 45.1. The Morgan fingerprint density at radius 3 is 1.76 bits per heavy atom. The fourth-order valence-electron chi connectivity index (χ4n) is 12.5. The molecule has 1 unspecified atom stereocenters. The van der Waals surface area contributed by atoms with Gasteiger partial charge in [-0.3, -0.25) is 9.69 Å². The third kappa shape index (κ3) is 10.9. The molecular weight excluding hydrogens is 1030 g/mol. The van der Waals surface area contributed by atoms with Crippen LogP contribution in [0.4, 0.5) is 38.5 Å². The topological polar surface area (TPSA) is 203 Å². The molecule has 0 bridgehead atoms. The molecule has 4 aliphatic heterocycles. The van der Waals surface area contributed by atoms with Crippen molar-refractivity contribution in [1.29, 1.82) is 0 Å². The lowest BCUT2D eigenvalue weighted by molar-refractivity contribution is -0.137. The minimum atomic E-state index is -1.21. The van der Waals surface area contributed by atoms with Gasteiger partial charge in [-0.25, -0.2) is 37.1 Å². The van der Waals surface area contributed by atoms with Crippen LogP contribution in [0.3, 0.4) is 0 Å². The van der Waals surface area contributed by atoms with Crippen LogP contribution in [0.5, 0.6) is 0 Å². The van der Waals surface area contributed by atoms with Crippen molar-refractivity contribution in [3.8, 4) is 0 Å². The molecule has 3 amide bonds. The van der Waals surface area contributed by atoms with E-state index >= 15 is 17.6 Å². The van der Waals surface area contributed by atoms with Gasteiger partial charge in [0, 0.05) is 69.3 Å². The van der Waals surface area contributed by atoms with Crippen molar-refractivity contribution in [3.63, 3.8) is 0 Å². The number of fused-ring (bicyclic) bond motifs is 2. The predicted octanol–water partition coefficient (Wildman–Crippen LogP) is 9.10. The van der Waals surface area contributed by atoms with E-state index in [-0.39, 0.29) is 46.8 Å². The first-order valence-corrected chi connectivity index (χ1v) is 27.0. The van der Waals surface area contributed by atoms with Crippen LogP contribution in [-0.4, -0.2) is 138 Å². The second kappa shape index (κ2) is 23.4. The number of methoxy groups -OCH3 is 4. The number of imidazole rings is 2. The Hall–Kier alpha value is -7.01. The van der Waals surface area contributed by atoms with E-state index < -0.39 is 96.0 Å². The van der Waals surface area contributed by atoms with Crippen LogP contribution in [0.25, 0.3) is 22.1 Å². The largest absolute Gasteiger partial charge is 0.453 e. The maximum absolute atomic E-state index is 17.0. The third-order valence-corrected chi connectivity index (χ3v) is 16.8. The number of piperidine rings is 1. The number of anilines is 2. The zero-order chi connectivity index (χ0) is 55.8. The van der Waals surface area contributed by atoms with Crippen LogP contribution < -0.4 is 20.4 Å². The van der Waals surface area contributed by atoms with Gasteiger partial charge in [-0.05, 0) is 101 Å². The predicted molar refractivity (Wildman–Crippen MR) is 286 cm³/mol. The van der Waals surface area contributed by atoms with E-state index in [1.165, 1.54) is 58.3 Å². The summed E-state index contributed by atoms with van der Waals surface area (Å²) >= 11 is 0. The Kier molecular flexibility index (Phi) is 16.4. The van der Waals surface area contributed by atoms with Crippen LogP contribution in [0.15, 0.2) is 66.7 Å². The van der Waals surface area contributed by atoms with Crippen molar-refractivity contribution in [2.45, 2.75) is 126 Å². The Labute approximate surface area is 455 Å². The highest BCUT2D eigenvalue weighted by Gasteiger charge is 2.43. The van der Waals surface area contributed by atoms with Gasteiger partial charge in [-0.2, -0.15) is 0 Å². The van der Waals surface area contributed by atoms with Crippen LogP contribution in [0.2, 0.25) is 0 Å². The molecule has 9 atom stereocenters. The van der Waals surface area contributed by atoms with E-state index in [1.54, 1.807) is 45.6 Å². The van der Waals surface area contributed by atoms with Crippen LogP contribution >= 0.6 is 0 Å². The van der Waals surface area contributed by atoms with Gasteiger partial charge >= 0.3 is 12.2 Å². The molecule has 6 aromatic rings. The number of alkyl carbamates (subject to hydrolysis) is 2. The Balaban J connectivity index is 0.993. The molecule has 22 heteroatoms. The Bertz CT molecular complexity index is 3150. The number of benzene rings is 4. The molecule has 4 aliphatic rings. The number of aliphatic hydroxyl groups is 1. The highest BCUT2D eigenvalue weighted by atomic mass is 19.1. The van der Waals surface area contributed by atoms with Crippen LogP contribution in [-0.2, 0) is 23.7 Å². The van der Waals surface area contributed by atoms with E-state index in [2.05, 4.69) is 32.7 Å². The number of nitrogens with one attached hydrogen (secondary N) is 4. The quantitative estimate of drug-likeness (QED) is 0.0575. The van der Waals surface area contributed by atoms with Crippen molar-refractivity contribution < 1.29 is 56.0 Å². The SMILES string of the molecule is COC(=O)N[C@H](C(=O)N1CCC[C@H]1c1nc2cc(F)c([C@H]3CC[C@H](c4cc5[nH]c([C@@H]6CCCN6C(O)[C@@H](NC(=O)OC)[C@@H](C)OC)nc5cc4F)N3c3cc(F)c(N4CCC(c5ccccc5)CC4)c(F)c3)cc2[nH]1)[C@@H](C)OC. The molecule has 0 aliphatic carbocycles. The first kappa shape index (κ1) is 55.3. The molecule has 0 saturated carbocycles. The standard InChI is InChI=1S/C57H68F4N10O8/c1-30(76-3)49(66-56(74)78-5)54(72)69-20-10-14-47(69)52-62-41-26-35(37(58)28-43(41)64-52)45-16-17-46(71(45)34-24-39(60)51(40(61)25-34)68-22-18-33(19-23-68)32-12-8-7-9-13-32)36-27-42-44(29-38(36)59)65-53(63-42)48-15-11-21-70(48)55(73)50(31(2)77-4)67-57(75)79-6/h7-9,12-13,24-31,33,45-50,54,72H,10-11,14-23H2,1-6H3,(H,62,64)(H,63,65)(H,66,74)(H,67,75)/t30-,31-,45-,46-,47+,48+,49+,50+,54?/m1/s1. The van der Waals surface area contributed by atoms with Crippen molar-refractivity contribution in [2.24, 2.45) is 0 Å². The van der Waals surface area contributed by atoms with Gasteiger partial charge in [0.1, 0.15) is 41.2 Å². The number of aliphatic hydroxyl groups excluding tert-OH is 1. The van der Waals surface area contributed by atoms with Crippen molar-refractivity contribution in [1.82, 2.24) is 40.4 Å². The van der Waals surface area contributed by atoms with Gasteiger partial charge in [0.15, 0.2) is 11.6 Å². The van der Waals surface area contributed by atoms with Gasteiger partial charge in [-0.15, -0.1) is 0 Å². The summed E-state index contributed by atoms with van der Waals surface area (Å²) in [6, 6.07) is 13.8. The van der Waals surface area contributed by atoms with Crippen LogP contribution in [0, 0.1) is 23.3 Å². The average molecular weight is 1100 g/mol. The number of aromatic nitrogens is 4. The van der Waals surface area contributed by atoms with Crippen molar-refractivity contribution in [3.05, 3.63) is 118 Å². The molecule has 4 saturated heterocycles. The lowest BCUT2D eigenvalue weighted by Crippen LogP contribution is -2.56. The fourth-order valence-corrected chi connectivity index (χ4v) is 12.5. The first-order chi connectivity index (χ1) is 38.1. The number of carbonyl (C=O) groups is 3. The third-order valence-electron chi connectivity index (χ3n) is 16.8. The molecule has 0 radical (unpaired) electrons. The molecule has 79 heavy (non-hydrogen) atoms. The first-order valence-electron chi connectivity index (χ1n) is 27.0. The molecule has 4 fully saturated rings. The summed E-state index contributed by atoms with van der Waals surface area (Å²) in [6.45, 7) is 5.05. The fraction of sp³-hybridized carbons (Fsp3) is 0.491. The lowest BCUT2D eigenvalue weighted by Gasteiger charge is -2.36. The number of likely N-dealkylation sites (tertiary alicyclic amines) is 2. The molecule has 4 aromatic carbocycles. The van der Waals surface area contributed by atoms with Gasteiger partial charge < -0.3 is 59.4 Å². The van der Waals surface area contributed by atoms with E-state index in [9.17, 15) is 19.5 Å². The maximum atomic E-state index is 17.0. The number of carbonyl (C=O) groups excluding carboxylic acids is 3.